The first kappa shape index (κ1) is 32.8. The molecule has 1 aliphatic carbocycles. The zero-order valence-electron chi connectivity index (χ0n) is 25.8. The van der Waals surface area contributed by atoms with Crippen molar-refractivity contribution in [1.29, 1.82) is 0 Å². The van der Waals surface area contributed by atoms with Crippen molar-refractivity contribution in [2.45, 2.75) is 50.2 Å². The Morgan fingerprint density at radius 2 is 1.87 bits per heavy atom. The van der Waals surface area contributed by atoms with E-state index < -0.39 is 23.0 Å². The summed E-state index contributed by atoms with van der Waals surface area (Å²) in [4.78, 5) is 54.3. The van der Waals surface area contributed by atoms with Gasteiger partial charge < -0.3 is 25.1 Å². The van der Waals surface area contributed by atoms with E-state index in [1.54, 1.807) is 74.5 Å². The summed E-state index contributed by atoms with van der Waals surface area (Å²) in [5, 5.41) is 8.51. The number of fused-ring (bicyclic) bond motifs is 1. The molecule has 4 aromatic rings. The Morgan fingerprint density at radius 1 is 1.07 bits per heavy atom. The Labute approximate surface area is 275 Å². The number of esters is 1. The SMILES string of the molecule is CCOC(=O)c1c(NC(=O)C(C)Sc2cccc(NC(=O)/C(=C/c3ccco3)NC(=O)c3ccccc3)c2)sc2c1CCC(C)C2. The highest BCUT2D eigenvalue weighted by Gasteiger charge is 2.30. The number of thiophene rings is 1. The second-order valence-corrected chi connectivity index (χ2v) is 13.4. The topological polar surface area (TPSA) is 127 Å². The maximum Gasteiger partial charge on any atom is 0.341 e. The summed E-state index contributed by atoms with van der Waals surface area (Å²) >= 11 is 2.77. The first-order valence-electron chi connectivity index (χ1n) is 15.0. The summed E-state index contributed by atoms with van der Waals surface area (Å²) in [7, 11) is 0. The van der Waals surface area contributed by atoms with Crippen LogP contribution in [0.4, 0.5) is 10.7 Å². The first-order chi connectivity index (χ1) is 22.2. The third kappa shape index (κ3) is 8.15. The molecule has 9 nitrogen and oxygen atoms in total. The fraction of sp³-hybridized carbons (Fsp3) is 0.257. The number of hydrogen-bond donors (Lipinski definition) is 3. The minimum atomic E-state index is -0.545. The molecule has 0 spiro atoms. The molecular formula is C35H35N3O6S2. The van der Waals surface area contributed by atoms with Crippen molar-refractivity contribution in [3.63, 3.8) is 0 Å². The number of anilines is 2. The van der Waals surface area contributed by atoms with Crippen LogP contribution in [0.2, 0.25) is 0 Å². The highest BCUT2D eigenvalue weighted by Crippen LogP contribution is 2.40. The molecule has 238 valence electrons. The molecule has 0 fully saturated rings. The van der Waals surface area contributed by atoms with Crippen LogP contribution in [0.25, 0.3) is 6.08 Å². The van der Waals surface area contributed by atoms with Crippen molar-refractivity contribution in [2.75, 3.05) is 17.2 Å². The summed E-state index contributed by atoms with van der Waals surface area (Å²) < 4.78 is 10.7. The van der Waals surface area contributed by atoms with Gasteiger partial charge in [0, 0.05) is 27.1 Å². The van der Waals surface area contributed by atoms with Crippen LogP contribution in [0.15, 0.2) is 88.0 Å². The van der Waals surface area contributed by atoms with Gasteiger partial charge in [-0.2, -0.15) is 0 Å². The molecule has 3 amide bonds. The molecule has 2 unspecified atom stereocenters. The lowest BCUT2D eigenvalue weighted by Crippen LogP contribution is -2.30. The summed E-state index contributed by atoms with van der Waals surface area (Å²) in [6, 6.07) is 19.0. The van der Waals surface area contributed by atoms with Gasteiger partial charge in [-0.3, -0.25) is 14.4 Å². The van der Waals surface area contributed by atoms with Gasteiger partial charge in [-0.15, -0.1) is 23.1 Å². The van der Waals surface area contributed by atoms with Gasteiger partial charge in [-0.05, 0) is 87.1 Å². The van der Waals surface area contributed by atoms with E-state index in [-0.39, 0.29) is 18.2 Å². The van der Waals surface area contributed by atoms with Crippen LogP contribution in [-0.2, 0) is 27.2 Å². The predicted octanol–water partition coefficient (Wildman–Crippen LogP) is 7.17. The number of nitrogens with one attached hydrogen (secondary N) is 3. The van der Waals surface area contributed by atoms with Gasteiger partial charge in [-0.25, -0.2) is 4.79 Å². The molecule has 2 aromatic carbocycles. The lowest BCUT2D eigenvalue weighted by molar-refractivity contribution is -0.115. The Hall–Kier alpha value is -4.61. The molecule has 0 saturated heterocycles. The molecule has 2 heterocycles. The standard InChI is InChI=1S/C35H35N3O6S2/c1-4-43-35(42)30-27-16-15-21(2)18-29(27)46-34(30)38-31(39)22(3)45-26-14-8-12-24(19-26)36-33(41)28(20-25-13-9-17-44-25)37-32(40)23-10-6-5-7-11-23/h5-14,17,19-22H,4,15-16,18H2,1-3H3,(H,36,41)(H,37,40)(H,38,39)/b28-20-. The monoisotopic (exact) mass is 657 g/mol. The number of carbonyl (C=O) groups excluding carboxylic acids is 4. The number of thioether (sulfide) groups is 1. The molecule has 3 N–H and O–H groups in total. The number of furan rings is 1. The van der Waals surface area contributed by atoms with Crippen LogP contribution in [0.3, 0.4) is 0 Å². The van der Waals surface area contributed by atoms with Gasteiger partial charge in [0.2, 0.25) is 5.91 Å². The number of carbonyl (C=O) groups is 4. The van der Waals surface area contributed by atoms with Gasteiger partial charge in [0.25, 0.3) is 11.8 Å². The third-order valence-corrected chi connectivity index (χ3v) is 9.62. The number of hydrogen-bond acceptors (Lipinski definition) is 8. The van der Waals surface area contributed by atoms with Crippen molar-refractivity contribution < 1.29 is 28.3 Å². The van der Waals surface area contributed by atoms with Gasteiger partial charge in [0.15, 0.2) is 0 Å². The summed E-state index contributed by atoms with van der Waals surface area (Å²) in [5.41, 5.74) is 2.34. The van der Waals surface area contributed by atoms with Gasteiger partial charge in [0.05, 0.1) is 23.7 Å². The van der Waals surface area contributed by atoms with Crippen molar-refractivity contribution >= 4 is 63.6 Å². The Balaban J connectivity index is 1.27. The molecule has 0 bridgehead atoms. The number of amides is 3. The average molecular weight is 658 g/mol. The van der Waals surface area contributed by atoms with Crippen molar-refractivity contribution in [3.8, 4) is 0 Å². The lowest BCUT2D eigenvalue weighted by atomic mass is 9.88. The Kier molecular flexibility index (Phi) is 10.8. The van der Waals surface area contributed by atoms with E-state index in [0.29, 0.717) is 33.5 Å². The molecule has 11 heteroatoms. The summed E-state index contributed by atoms with van der Waals surface area (Å²) in [5.74, 6) is -0.724. The summed E-state index contributed by atoms with van der Waals surface area (Å²) in [6.45, 7) is 6.00. The van der Waals surface area contributed by atoms with Crippen LogP contribution in [0.1, 0.15) is 64.1 Å². The number of benzene rings is 2. The molecule has 0 saturated carbocycles. The second-order valence-electron chi connectivity index (χ2n) is 10.9. The van der Waals surface area contributed by atoms with Crippen LogP contribution in [-0.4, -0.2) is 35.5 Å². The van der Waals surface area contributed by atoms with E-state index in [9.17, 15) is 19.2 Å². The smallest absolute Gasteiger partial charge is 0.341 e. The maximum absolute atomic E-state index is 13.3. The van der Waals surface area contributed by atoms with Gasteiger partial charge >= 0.3 is 5.97 Å². The van der Waals surface area contributed by atoms with Crippen LogP contribution in [0, 0.1) is 5.92 Å². The van der Waals surface area contributed by atoms with E-state index in [1.807, 2.05) is 6.07 Å². The quantitative estimate of drug-likeness (QED) is 0.0887. The van der Waals surface area contributed by atoms with Gasteiger partial charge in [0.1, 0.15) is 16.5 Å². The normalized spacial score (nSPS) is 14.9. The largest absolute Gasteiger partial charge is 0.465 e. The zero-order valence-corrected chi connectivity index (χ0v) is 27.4. The van der Waals surface area contributed by atoms with Crippen LogP contribution in [0.5, 0.6) is 0 Å². The fourth-order valence-corrected chi connectivity index (χ4v) is 7.36. The van der Waals surface area contributed by atoms with E-state index in [4.69, 9.17) is 9.15 Å². The second kappa shape index (κ2) is 15.1. The minimum Gasteiger partial charge on any atom is -0.465 e. The highest BCUT2D eigenvalue weighted by molar-refractivity contribution is 8.00. The molecule has 5 rings (SSSR count). The summed E-state index contributed by atoms with van der Waals surface area (Å²) in [6.07, 6.45) is 5.58. The van der Waals surface area contributed by atoms with Crippen molar-refractivity contribution in [2.24, 2.45) is 5.92 Å². The lowest BCUT2D eigenvalue weighted by Gasteiger charge is -2.18. The van der Waals surface area contributed by atoms with Gasteiger partial charge in [-0.1, -0.05) is 31.2 Å². The van der Waals surface area contributed by atoms with E-state index in [2.05, 4.69) is 22.9 Å². The minimum absolute atomic E-state index is 0.0000441. The van der Waals surface area contributed by atoms with Crippen molar-refractivity contribution in [1.82, 2.24) is 5.32 Å². The van der Waals surface area contributed by atoms with E-state index in [1.165, 1.54) is 35.4 Å². The molecule has 2 aromatic heterocycles. The highest BCUT2D eigenvalue weighted by atomic mass is 32.2. The van der Waals surface area contributed by atoms with Crippen molar-refractivity contribution in [3.05, 3.63) is 106 Å². The molecular weight excluding hydrogens is 623 g/mol. The van der Waals surface area contributed by atoms with Crippen LogP contribution < -0.4 is 16.0 Å². The molecule has 0 radical (unpaired) electrons. The predicted molar refractivity (Wildman–Crippen MR) is 181 cm³/mol. The number of rotatable bonds is 11. The molecule has 0 aliphatic heterocycles. The Bertz CT molecular complexity index is 1750. The number of ether oxygens (including phenoxy) is 1. The first-order valence-corrected chi connectivity index (χ1v) is 16.7. The Morgan fingerprint density at radius 3 is 2.61 bits per heavy atom. The fourth-order valence-electron chi connectivity index (χ4n) is 5.03. The molecule has 2 atom stereocenters. The van der Waals surface area contributed by atoms with Crippen LogP contribution >= 0.6 is 23.1 Å². The maximum atomic E-state index is 13.3. The third-order valence-electron chi connectivity index (χ3n) is 7.36. The van der Waals surface area contributed by atoms with E-state index >= 15 is 0 Å². The van der Waals surface area contributed by atoms with E-state index in [0.717, 1.165) is 34.6 Å². The molecule has 46 heavy (non-hydrogen) atoms. The average Bonchev–Trinajstić information content (AvgIpc) is 3.68. The zero-order chi connectivity index (χ0) is 32.6. The molecule has 1 aliphatic rings.